The lowest BCUT2D eigenvalue weighted by atomic mass is 9.81. The highest BCUT2D eigenvalue weighted by Gasteiger charge is 2.66. The van der Waals surface area contributed by atoms with E-state index < -0.39 is 23.1 Å². The summed E-state index contributed by atoms with van der Waals surface area (Å²) in [5.74, 6) is -2.43. The van der Waals surface area contributed by atoms with E-state index in [4.69, 9.17) is 0 Å². The summed E-state index contributed by atoms with van der Waals surface area (Å²) in [6, 6.07) is 14.1. The van der Waals surface area contributed by atoms with Gasteiger partial charge >= 0.3 is 0 Å². The quantitative estimate of drug-likeness (QED) is 0.298. The first-order valence-electron chi connectivity index (χ1n) is 11.3. The summed E-state index contributed by atoms with van der Waals surface area (Å²) in [5, 5.41) is 11.4. The summed E-state index contributed by atoms with van der Waals surface area (Å²) in [5.41, 5.74) is 0.560. The molecule has 1 atom stereocenters. The highest BCUT2D eigenvalue weighted by molar-refractivity contribution is 6.50. The molecule has 1 spiro atoms. The lowest BCUT2D eigenvalue weighted by Gasteiger charge is -2.34. The van der Waals surface area contributed by atoms with E-state index in [0.29, 0.717) is 29.8 Å². The fourth-order valence-corrected chi connectivity index (χ4v) is 4.88. The lowest BCUT2D eigenvalue weighted by molar-refractivity contribution is -0.143. The van der Waals surface area contributed by atoms with Crippen molar-refractivity contribution in [1.29, 1.82) is 0 Å². The van der Waals surface area contributed by atoms with Crippen molar-refractivity contribution in [1.82, 2.24) is 9.80 Å². The predicted molar refractivity (Wildman–Crippen MR) is 131 cm³/mol. The largest absolute Gasteiger partial charge is 0.507 e. The van der Waals surface area contributed by atoms with Gasteiger partial charge in [-0.1, -0.05) is 54.1 Å². The van der Waals surface area contributed by atoms with Crippen molar-refractivity contribution in [2.75, 3.05) is 38.6 Å². The van der Waals surface area contributed by atoms with Crippen LogP contribution in [0.3, 0.4) is 0 Å². The summed E-state index contributed by atoms with van der Waals surface area (Å²) in [6.07, 6.45) is 2.16. The topological polar surface area (TPSA) is 81.2 Å². The number of Topliss-reactive ketones (excluding diaryl/α,β-unsaturated/α-hetero) is 1. The van der Waals surface area contributed by atoms with E-state index in [1.807, 2.05) is 38.1 Å². The van der Waals surface area contributed by atoms with E-state index in [1.54, 1.807) is 42.5 Å². The third kappa shape index (κ3) is 3.44. The number of carbonyl (C=O) groups is 3. The zero-order valence-corrected chi connectivity index (χ0v) is 19.7. The van der Waals surface area contributed by atoms with Crippen molar-refractivity contribution in [3.63, 3.8) is 0 Å². The molecule has 34 heavy (non-hydrogen) atoms. The molecule has 0 radical (unpaired) electrons. The second kappa shape index (κ2) is 8.91. The Bertz CT molecular complexity index is 1200. The number of hydrogen-bond donors (Lipinski definition) is 1. The van der Waals surface area contributed by atoms with Gasteiger partial charge in [0.2, 0.25) is 0 Å². The number of nitrogens with zero attached hydrogens (tertiary/aromatic N) is 3. The number of para-hydroxylation sites is 1. The van der Waals surface area contributed by atoms with Crippen molar-refractivity contribution in [2.45, 2.75) is 18.9 Å². The van der Waals surface area contributed by atoms with Gasteiger partial charge in [-0.15, -0.1) is 6.58 Å². The van der Waals surface area contributed by atoms with E-state index in [1.165, 1.54) is 9.80 Å². The minimum atomic E-state index is -1.73. The van der Waals surface area contributed by atoms with Gasteiger partial charge in [0, 0.05) is 24.2 Å². The van der Waals surface area contributed by atoms with Crippen LogP contribution in [0, 0.1) is 6.92 Å². The first kappa shape index (κ1) is 23.4. The number of likely N-dealkylation sites (tertiary alicyclic amines) is 1. The van der Waals surface area contributed by atoms with Crippen LogP contribution in [0.25, 0.3) is 5.76 Å². The number of carbonyl (C=O) groups excluding carboxylic acids is 3. The minimum absolute atomic E-state index is 0.185. The van der Waals surface area contributed by atoms with Crippen molar-refractivity contribution < 1.29 is 19.5 Å². The van der Waals surface area contributed by atoms with Crippen LogP contribution < -0.4 is 4.90 Å². The van der Waals surface area contributed by atoms with Gasteiger partial charge in [-0.2, -0.15) is 0 Å². The maximum absolute atomic E-state index is 14.2. The highest BCUT2D eigenvalue weighted by atomic mass is 16.3. The van der Waals surface area contributed by atoms with Gasteiger partial charge in [0.1, 0.15) is 5.76 Å². The van der Waals surface area contributed by atoms with Crippen LogP contribution in [0.1, 0.15) is 23.1 Å². The number of aryl methyl sites for hydroxylation is 1. The number of hydrogen-bond acceptors (Lipinski definition) is 5. The third-order valence-electron chi connectivity index (χ3n) is 6.43. The van der Waals surface area contributed by atoms with Gasteiger partial charge in [-0.25, -0.2) is 0 Å². The third-order valence-corrected chi connectivity index (χ3v) is 6.43. The molecule has 176 valence electrons. The van der Waals surface area contributed by atoms with E-state index in [-0.39, 0.29) is 24.4 Å². The Morgan fingerprint density at radius 3 is 2.41 bits per heavy atom. The van der Waals surface area contributed by atoms with Gasteiger partial charge in [-0.05, 0) is 40.1 Å². The van der Waals surface area contributed by atoms with Crippen molar-refractivity contribution in [3.05, 3.63) is 83.4 Å². The molecule has 2 aromatic carbocycles. The molecule has 0 aromatic heterocycles. The van der Waals surface area contributed by atoms with Gasteiger partial charge in [0.25, 0.3) is 17.6 Å². The fraction of sp³-hybridized carbons (Fsp3) is 0.296. The van der Waals surface area contributed by atoms with Crippen LogP contribution in [0.15, 0.2) is 66.8 Å². The first-order chi connectivity index (χ1) is 16.2. The average molecular weight is 460 g/mol. The molecule has 7 heteroatoms. The summed E-state index contributed by atoms with van der Waals surface area (Å²) in [6.45, 7) is 6.75. The number of benzene rings is 2. The molecule has 2 aliphatic heterocycles. The monoisotopic (exact) mass is 459 g/mol. The molecule has 0 unspecified atom stereocenters. The molecule has 1 fully saturated rings. The number of aliphatic hydroxyl groups excluding tert-OH is 1. The SMILES string of the molecule is C=CCN1C(=O)[C@@]2(C(=C(O)c3ccc(C)cc3)C(=O)C(=O)N2CCCN(C)C)c2ccccc21. The zero-order chi connectivity index (χ0) is 24.6. The average Bonchev–Trinajstić information content (AvgIpc) is 3.18. The second-order valence-corrected chi connectivity index (χ2v) is 8.96. The lowest BCUT2D eigenvalue weighted by Crippen LogP contribution is -2.52. The fourth-order valence-electron chi connectivity index (χ4n) is 4.88. The predicted octanol–water partition coefficient (Wildman–Crippen LogP) is 3.06. The van der Waals surface area contributed by atoms with E-state index >= 15 is 0 Å². The van der Waals surface area contributed by atoms with Gasteiger partial charge in [-0.3, -0.25) is 14.4 Å². The van der Waals surface area contributed by atoms with Crippen LogP contribution in [-0.4, -0.2) is 66.2 Å². The normalized spacial score (nSPS) is 21.1. The van der Waals surface area contributed by atoms with Gasteiger partial charge in [0.15, 0.2) is 5.54 Å². The number of aliphatic hydroxyl groups is 1. The van der Waals surface area contributed by atoms with Crippen molar-refractivity contribution in [3.8, 4) is 0 Å². The maximum Gasteiger partial charge on any atom is 0.296 e. The Balaban J connectivity index is 2.00. The minimum Gasteiger partial charge on any atom is -0.507 e. The molecule has 7 nitrogen and oxygen atoms in total. The Morgan fingerprint density at radius 2 is 1.76 bits per heavy atom. The molecule has 4 rings (SSSR count). The van der Waals surface area contributed by atoms with Crippen molar-refractivity contribution >= 4 is 29.0 Å². The molecule has 2 amide bonds. The molecule has 0 saturated carbocycles. The van der Waals surface area contributed by atoms with E-state index in [2.05, 4.69) is 6.58 Å². The Morgan fingerprint density at radius 1 is 1.09 bits per heavy atom. The molecule has 1 N–H and O–H groups in total. The van der Waals surface area contributed by atoms with Crippen LogP contribution >= 0.6 is 0 Å². The molecular weight excluding hydrogens is 430 g/mol. The highest BCUT2D eigenvalue weighted by Crippen LogP contribution is 2.53. The molecule has 2 aliphatic rings. The van der Waals surface area contributed by atoms with Crippen LogP contribution in [0.4, 0.5) is 5.69 Å². The molecular formula is C27H29N3O4. The smallest absolute Gasteiger partial charge is 0.296 e. The first-order valence-corrected chi connectivity index (χ1v) is 11.3. The second-order valence-electron chi connectivity index (χ2n) is 8.96. The van der Waals surface area contributed by atoms with E-state index in [9.17, 15) is 19.5 Å². The van der Waals surface area contributed by atoms with Gasteiger partial charge in [0.05, 0.1) is 11.3 Å². The number of rotatable bonds is 7. The summed E-state index contributed by atoms with van der Waals surface area (Å²) >= 11 is 0. The summed E-state index contributed by atoms with van der Waals surface area (Å²) < 4.78 is 0. The Hall–Kier alpha value is -3.71. The molecule has 1 saturated heterocycles. The number of fused-ring (bicyclic) bond motifs is 2. The molecule has 2 heterocycles. The Kier molecular flexibility index (Phi) is 6.15. The molecule has 2 aromatic rings. The number of amides is 2. The molecule has 0 aliphatic carbocycles. The summed E-state index contributed by atoms with van der Waals surface area (Å²) in [4.78, 5) is 45.9. The maximum atomic E-state index is 14.2. The van der Waals surface area contributed by atoms with Crippen LogP contribution in [0.5, 0.6) is 0 Å². The van der Waals surface area contributed by atoms with Crippen LogP contribution in [-0.2, 0) is 19.9 Å². The number of ketones is 1. The number of anilines is 1. The standard InChI is InChI=1S/C27H29N3O4/c1-5-15-29-21-10-7-6-9-20(21)27(26(29)34)22(23(31)19-13-11-18(2)12-14-19)24(32)25(33)30(27)17-8-16-28(3)4/h5-7,9-14,31H,1,8,15-17H2,2-4H3/t27-/m0/s1. The van der Waals surface area contributed by atoms with Crippen LogP contribution in [0.2, 0.25) is 0 Å². The van der Waals surface area contributed by atoms with E-state index in [0.717, 1.165) is 5.56 Å². The van der Waals surface area contributed by atoms with Gasteiger partial charge < -0.3 is 19.8 Å². The zero-order valence-electron chi connectivity index (χ0n) is 19.7. The molecule has 0 bridgehead atoms. The van der Waals surface area contributed by atoms with Crippen molar-refractivity contribution in [2.24, 2.45) is 0 Å². The summed E-state index contributed by atoms with van der Waals surface area (Å²) in [7, 11) is 3.84. The Labute approximate surface area is 199 Å².